The predicted molar refractivity (Wildman–Crippen MR) is 81.6 cm³/mol. The van der Waals surface area contributed by atoms with E-state index in [0.717, 1.165) is 25.9 Å². The van der Waals surface area contributed by atoms with E-state index < -0.39 is 5.60 Å². The maximum absolute atomic E-state index is 11.8. The van der Waals surface area contributed by atoms with E-state index >= 15 is 0 Å². The molecule has 1 aromatic heterocycles. The van der Waals surface area contributed by atoms with Gasteiger partial charge in [-0.2, -0.15) is 0 Å². The summed E-state index contributed by atoms with van der Waals surface area (Å²) in [6.07, 6.45) is 3.00. The highest BCUT2D eigenvalue weighted by atomic mass is 16.7. The highest BCUT2D eigenvalue weighted by molar-refractivity contribution is 5.23. The SMILES string of the molecule is COC1(c2cc(=O)cc(OCCOC3CCCCO3)[nH]2)COC1. The monoisotopic (exact) mass is 325 g/mol. The zero-order valence-corrected chi connectivity index (χ0v) is 13.3. The van der Waals surface area contributed by atoms with Crippen LogP contribution in [0.3, 0.4) is 0 Å². The molecule has 0 aromatic carbocycles. The molecule has 2 saturated heterocycles. The van der Waals surface area contributed by atoms with Crippen LogP contribution >= 0.6 is 0 Å². The topological polar surface area (TPSA) is 79.0 Å². The van der Waals surface area contributed by atoms with Gasteiger partial charge >= 0.3 is 0 Å². The lowest BCUT2D eigenvalue weighted by Crippen LogP contribution is -2.49. The van der Waals surface area contributed by atoms with Gasteiger partial charge in [-0.1, -0.05) is 0 Å². The summed E-state index contributed by atoms with van der Waals surface area (Å²) >= 11 is 0. The van der Waals surface area contributed by atoms with Crippen LogP contribution in [0.25, 0.3) is 0 Å². The predicted octanol–water partition coefficient (Wildman–Crippen LogP) is 1.17. The van der Waals surface area contributed by atoms with Crippen LogP contribution in [0, 0.1) is 0 Å². The van der Waals surface area contributed by atoms with Crippen LogP contribution in [0.1, 0.15) is 25.0 Å². The molecular weight excluding hydrogens is 302 g/mol. The van der Waals surface area contributed by atoms with Crippen molar-refractivity contribution in [3.63, 3.8) is 0 Å². The average Bonchev–Trinajstić information content (AvgIpc) is 2.52. The molecule has 7 nitrogen and oxygen atoms in total. The summed E-state index contributed by atoms with van der Waals surface area (Å²) in [5.74, 6) is 0.406. The van der Waals surface area contributed by atoms with Gasteiger partial charge in [-0.25, -0.2) is 0 Å². The maximum Gasteiger partial charge on any atom is 0.195 e. The molecule has 3 heterocycles. The van der Waals surface area contributed by atoms with E-state index in [9.17, 15) is 4.79 Å². The second kappa shape index (κ2) is 7.44. The largest absolute Gasteiger partial charge is 0.476 e. The third-order valence-corrected chi connectivity index (χ3v) is 4.15. The Balaban J connectivity index is 1.53. The molecule has 2 fully saturated rings. The summed E-state index contributed by atoms with van der Waals surface area (Å²) in [5, 5.41) is 0. The van der Waals surface area contributed by atoms with Crippen molar-refractivity contribution < 1.29 is 23.7 Å². The molecule has 0 bridgehead atoms. The van der Waals surface area contributed by atoms with Crippen LogP contribution in [0.2, 0.25) is 0 Å². The van der Waals surface area contributed by atoms with E-state index in [-0.39, 0.29) is 11.7 Å². The fraction of sp³-hybridized carbons (Fsp3) is 0.688. The molecule has 1 atom stereocenters. The number of aromatic nitrogens is 1. The lowest BCUT2D eigenvalue weighted by molar-refractivity contribution is -0.204. The van der Waals surface area contributed by atoms with E-state index in [2.05, 4.69) is 4.98 Å². The van der Waals surface area contributed by atoms with Gasteiger partial charge < -0.3 is 28.7 Å². The summed E-state index contributed by atoms with van der Waals surface area (Å²) in [6.45, 7) is 2.35. The minimum atomic E-state index is -0.578. The summed E-state index contributed by atoms with van der Waals surface area (Å²) in [4.78, 5) is 14.9. The van der Waals surface area contributed by atoms with Gasteiger partial charge in [0.05, 0.1) is 25.5 Å². The van der Waals surface area contributed by atoms with Gasteiger partial charge in [0, 0.05) is 25.8 Å². The number of rotatable bonds is 7. The van der Waals surface area contributed by atoms with Crippen LogP contribution in [0.4, 0.5) is 0 Å². The number of pyridine rings is 1. The van der Waals surface area contributed by atoms with Crippen LogP contribution in [-0.4, -0.2) is 51.4 Å². The minimum absolute atomic E-state index is 0.131. The number of H-pyrrole nitrogens is 1. The first-order valence-corrected chi connectivity index (χ1v) is 7.96. The van der Waals surface area contributed by atoms with Gasteiger partial charge in [-0.05, 0) is 19.3 Å². The molecule has 1 aromatic rings. The Hall–Kier alpha value is -1.41. The average molecular weight is 325 g/mol. The van der Waals surface area contributed by atoms with Gasteiger partial charge in [0.2, 0.25) is 0 Å². The summed E-state index contributed by atoms with van der Waals surface area (Å²) in [6, 6.07) is 2.94. The number of nitrogens with one attached hydrogen (secondary N) is 1. The first-order valence-electron chi connectivity index (χ1n) is 7.96. The molecule has 23 heavy (non-hydrogen) atoms. The molecule has 2 aliphatic rings. The lowest BCUT2D eigenvalue weighted by atomic mass is 9.97. The highest BCUT2D eigenvalue weighted by Crippen LogP contribution is 2.31. The Bertz CT molecular complexity index is 556. The molecule has 0 radical (unpaired) electrons. The molecule has 0 saturated carbocycles. The smallest absolute Gasteiger partial charge is 0.195 e. The number of ether oxygens (including phenoxy) is 5. The summed E-state index contributed by atoms with van der Waals surface area (Å²) in [7, 11) is 1.60. The van der Waals surface area contributed by atoms with Gasteiger partial charge in [0.15, 0.2) is 23.2 Å². The minimum Gasteiger partial charge on any atom is -0.476 e. The van der Waals surface area contributed by atoms with E-state index in [0.29, 0.717) is 38.0 Å². The second-order valence-electron chi connectivity index (χ2n) is 5.80. The van der Waals surface area contributed by atoms with Crippen molar-refractivity contribution >= 4 is 0 Å². The zero-order valence-electron chi connectivity index (χ0n) is 13.3. The molecule has 3 rings (SSSR count). The molecule has 7 heteroatoms. The molecule has 1 N–H and O–H groups in total. The number of hydrogen-bond donors (Lipinski definition) is 1. The Morgan fingerprint density at radius 3 is 2.83 bits per heavy atom. The standard InChI is InChI=1S/C16H23NO6/c1-19-16(10-20-11-16)13-8-12(18)9-14(17-13)21-6-7-23-15-4-2-3-5-22-15/h8-9,15H,2-7,10-11H2,1H3,(H,17,18). The van der Waals surface area contributed by atoms with Crippen molar-refractivity contribution in [3.8, 4) is 5.88 Å². The van der Waals surface area contributed by atoms with E-state index in [1.165, 1.54) is 12.1 Å². The van der Waals surface area contributed by atoms with E-state index in [1.54, 1.807) is 7.11 Å². The molecule has 2 aliphatic heterocycles. The molecule has 128 valence electrons. The van der Waals surface area contributed by atoms with Crippen LogP contribution in [0.15, 0.2) is 16.9 Å². The van der Waals surface area contributed by atoms with Gasteiger partial charge in [-0.3, -0.25) is 4.79 Å². The van der Waals surface area contributed by atoms with Crippen molar-refractivity contribution in [1.29, 1.82) is 0 Å². The Morgan fingerprint density at radius 1 is 1.30 bits per heavy atom. The Labute approximate surface area is 134 Å². The molecule has 1 unspecified atom stereocenters. The summed E-state index contributed by atoms with van der Waals surface area (Å²) in [5.41, 5.74) is -0.0378. The van der Waals surface area contributed by atoms with Crippen molar-refractivity contribution in [2.45, 2.75) is 31.2 Å². The fourth-order valence-electron chi connectivity index (χ4n) is 2.69. The van der Waals surface area contributed by atoms with Crippen molar-refractivity contribution in [2.24, 2.45) is 0 Å². The van der Waals surface area contributed by atoms with Crippen molar-refractivity contribution in [1.82, 2.24) is 4.98 Å². The third-order valence-electron chi connectivity index (χ3n) is 4.15. The number of aromatic amines is 1. The highest BCUT2D eigenvalue weighted by Gasteiger charge is 2.42. The Morgan fingerprint density at radius 2 is 2.17 bits per heavy atom. The Kier molecular flexibility index (Phi) is 5.32. The third kappa shape index (κ3) is 3.92. The summed E-state index contributed by atoms with van der Waals surface area (Å²) < 4.78 is 27.4. The van der Waals surface area contributed by atoms with Gasteiger partial charge in [0.25, 0.3) is 0 Å². The van der Waals surface area contributed by atoms with Crippen LogP contribution in [0.5, 0.6) is 5.88 Å². The van der Waals surface area contributed by atoms with Crippen molar-refractivity contribution in [3.05, 3.63) is 28.0 Å². The van der Waals surface area contributed by atoms with Crippen LogP contribution < -0.4 is 10.2 Å². The van der Waals surface area contributed by atoms with E-state index in [4.69, 9.17) is 23.7 Å². The lowest BCUT2D eigenvalue weighted by Gasteiger charge is -2.39. The second-order valence-corrected chi connectivity index (χ2v) is 5.80. The maximum atomic E-state index is 11.8. The number of hydrogen-bond acceptors (Lipinski definition) is 6. The van der Waals surface area contributed by atoms with E-state index in [1.807, 2.05) is 0 Å². The quantitative estimate of drug-likeness (QED) is 0.758. The first kappa shape index (κ1) is 16.4. The normalized spacial score (nSPS) is 23.3. The molecular formula is C16H23NO6. The molecule has 0 aliphatic carbocycles. The van der Waals surface area contributed by atoms with Gasteiger partial charge in [0.1, 0.15) is 6.61 Å². The first-order chi connectivity index (χ1) is 11.2. The zero-order chi connectivity index (χ0) is 16.1. The van der Waals surface area contributed by atoms with Gasteiger partial charge in [-0.15, -0.1) is 0 Å². The fourth-order valence-corrected chi connectivity index (χ4v) is 2.69. The van der Waals surface area contributed by atoms with Crippen LogP contribution in [-0.2, 0) is 24.5 Å². The number of methoxy groups -OCH3 is 1. The van der Waals surface area contributed by atoms with Crippen molar-refractivity contribution in [2.75, 3.05) is 40.1 Å². The molecule has 0 amide bonds. The molecule has 0 spiro atoms.